The number of nitrogens with zero attached hydrogens (tertiary/aromatic N) is 1. The van der Waals surface area contributed by atoms with Crippen LogP contribution in [0, 0.1) is 0 Å². The molecule has 1 amide bonds. The first-order valence-electron chi connectivity index (χ1n) is 8.17. The summed E-state index contributed by atoms with van der Waals surface area (Å²) in [6, 6.07) is 9.09. The lowest BCUT2D eigenvalue weighted by atomic mass is 9.95. The summed E-state index contributed by atoms with van der Waals surface area (Å²) < 4.78 is 0. The summed E-state index contributed by atoms with van der Waals surface area (Å²) in [6.07, 6.45) is 3.81. The van der Waals surface area contributed by atoms with Crippen molar-refractivity contribution in [2.45, 2.75) is 51.5 Å². The van der Waals surface area contributed by atoms with Crippen LogP contribution in [0.1, 0.15) is 50.2 Å². The Hall–Kier alpha value is -1.35. The Bertz CT molecular complexity index is 449. The molecule has 21 heavy (non-hydrogen) atoms. The van der Waals surface area contributed by atoms with Crippen LogP contribution in [0.25, 0.3) is 0 Å². The van der Waals surface area contributed by atoms with E-state index in [4.69, 9.17) is 0 Å². The van der Waals surface area contributed by atoms with Crippen molar-refractivity contribution in [3.63, 3.8) is 0 Å². The molecule has 0 radical (unpaired) electrons. The normalized spacial score (nSPS) is 17.5. The average molecular weight is 288 g/mol. The molecular weight excluding hydrogens is 260 g/mol. The first-order chi connectivity index (χ1) is 10.1. The second kappa shape index (κ2) is 7.60. The van der Waals surface area contributed by atoms with Crippen molar-refractivity contribution >= 4 is 5.91 Å². The minimum Gasteiger partial charge on any atom is -0.343 e. The molecule has 0 bridgehead atoms. The van der Waals surface area contributed by atoms with Crippen molar-refractivity contribution in [3.05, 3.63) is 35.4 Å². The van der Waals surface area contributed by atoms with Crippen LogP contribution < -0.4 is 5.32 Å². The number of hydrogen-bond acceptors (Lipinski definition) is 2. The van der Waals surface area contributed by atoms with Crippen molar-refractivity contribution in [2.75, 3.05) is 20.1 Å². The van der Waals surface area contributed by atoms with Gasteiger partial charge >= 0.3 is 0 Å². The summed E-state index contributed by atoms with van der Waals surface area (Å²) >= 11 is 0. The molecule has 0 spiro atoms. The van der Waals surface area contributed by atoms with E-state index >= 15 is 0 Å². The lowest BCUT2D eigenvalue weighted by Gasteiger charge is -2.32. The molecule has 3 nitrogen and oxygen atoms in total. The molecule has 0 aliphatic carbocycles. The first kappa shape index (κ1) is 16.0. The summed E-state index contributed by atoms with van der Waals surface area (Å²) in [5.74, 6) is 0.557. The number of carbonyl (C=O) groups excluding carboxylic acids is 1. The number of hydrogen-bond donors (Lipinski definition) is 1. The molecule has 1 N–H and O–H groups in total. The van der Waals surface area contributed by atoms with Crippen LogP contribution in [0.4, 0.5) is 0 Å². The van der Waals surface area contributed by atoms with Gasteiger partial charge in [-0.05, 0) is 49.4 Å². The van der Waals surface area contributed by atoms with E-state index in [0.29, 0.717) is 12.5 Å². The third-order valence-electron chi connectivity index (χ3n) is 4.69. The van der Waals surface area contributed by atoms with Gasteiger partial charge in [0.05, 0.1) is 0 Å². The van der Waals surface area contributed by atoms with Crippen LogP contribution in [0.3, 0.4) is 0 Å². The molecule has 1 aliphatic rings. The van der Waals surface area contributed by atoms with Crippen molar-refractivity contribution < 1.29 is 4.79 Å². The van der Waals surface area contributed by atoms with E-state index in [-0.39, 0.29) is 11.8 Å². The van der Waals surface area contributed by atoms with Crippen molar-refractivity contribution in [2.24, 2.45) is 0 Å². The summed E-state index contributed by atoms with van der Waals surface area (Å²) in [7, 11) is 1.96. The Morgan fingerprint density at radius 2 is 1.90 bits per heavy atom. The number of rotatable bonds is 5. The van der Waals surface area contributed by atoms with Gasteiger partial charge in [0.25, 0.3) is 0 Å². The second-order valence-electron chi connectivity index (χ2n) is 6.19. The van der Waals surface area contributed by atoms with Gasteiger partial charge in [-0.15, -0.1) is 0 Å². The molecule has 0 saturated carbocycles. The lowest BCUT2D eigenvalue weighted by Crippen LogP contribution is -2.44. The van der Waals surface area contributed by atoms with Gasteiger partial charge in [-0.3, -0.25) is 4.79 Å². The Morgan fingerprint density at radius 3 is 2.48 bits per heavy atom. The highest BCUT2D eigenvalue weighted by molar-refractivity contribution is 5.77. The van der Waals surface area contributed by atoms with Gasteiger partial charge in [-0.1, -0.05) is 38.1 Å². The van der Waals surface area contributed by atoms with E-state index in [9.17, 15) is 4.79 Å². The minimum atomic E-state index is 0.272. The molecule has 2 rings (SSSR count). The monoisotopic (exact) mass is 288 g/mol. The Morgan fingerprint density at radius 1 is 1.29 bits per heavy atom. The minimum absolute atomic E-state index is 0.272. The summed E-state index contributed by atoms with van der Waals surface area (Å²) in [4.78, 5) is 14.4. The first-order valence-corrected chi connectivity index (χ1v) is 8.17. The topological polar surface area (TPSA) is 32.3 Å². The van der Waals surface area contributed by atoms with Crippen LogP contribution >= 0.6 is 0 Å². The number of carbonyl (C=O) groups is 1. The van der Waals surface area contributed by atoms with Crippen LogP contribution in [0.5, 0.6) is 0 Å². The van der Waals surface area contributed by atoms with E-state index in [2.05, 4.69) is 43.4 Å². The van der Waals surface area contributed by atoms with Crippen LogP contribution in [0.2, 0.25) is 0 Å². The summed E-state index contributed by atoms with van der Waals surface area (Å²) in [5.41, 5.74) is 2.61. The zero-order valence-corrected chi connectivity index (χ0v) is 13.6. The smallest absolute Gasteiger partial charge is 0.223 e. The molecule has 1 aromatic carbocycles. The lowest BCUT2D eigenvalue weighted by molar-refractivity contribution is -0.132. The SMILES string of the molecule is CCc1ccc(C(C)CC(=O)N(C)C2CCNCC2)cc1. The van der Waals surface area contributed by atoms with Crippen molar-refractivity contribution in [3.8, 4) is 0 Å². The van der Waals surface area contributed by atoms with Gasteiger partial charge in [0.15, 0.2) is 0 Å². The van der Waals surface area contributed by atoms with Crippen molar-refractivity contribution in [1.29, 1.82) is 0 Å². The molecule has 1 atom stereocenters. The number of piperidine rings is 1. The molecule has 1 heterocycles. The maximum absolute atomic E-state index is 12.5. The summed E-state index contributed by atoms with van der Waals surface area (Å²) in [5, 5.41) is 3.35. The molecule has 1 aliphatic heterocycles. The number of benzene rings is 1. The molecule has 1 unspecified atom stereocenters. The molecule has 116 valence electrons. The Labute approximate surface area is 128 Å². The van der Waals surface area contributed by atoms with E-state index in [1.54, 1.807) is 0 Å². The van der Waals surface area contributed by atoms with Crippen LogP contribution in [0.15, 0.2) is 24.3 Å². The zero-order chi connectivity index (χ0) is 15.2. The fourth-order valence-electron chi connectivity index (χ4n) is 3.00. The molecular formula is C18H28N2O. The van der Waals surface area contributed by atoms with E-state index in [1.807, 2.05) is 11.9 Å². The van der Waals surface area contributed by atoms with Gasteiger partial charge in [0.1, 0.15) is 0 Å². The fraction of sp³-hybridized carbons (Fsp3) is 0.611. The third-order valence-corrected chi connectivity index (χ3v) is 4.69. The number of aryl methyl sites for hydroxylation is 1. The quantitative estimate of drug-likeness (QED) is 0.903. The summed E-state index contributed by atoms with van der Waals surface area (Å²) in [6.45, 7) is 6.36. The molecule has 1 aromatic rings. The average Bonchev–Trinajstić information content (AvgIpc) is 2.55. The van der Waals surface area contributed by atoms with E-state index in [0.717, 1.165) is 32.4 Å². The Kier molecular flexibility index (Phi) is 5.80. The largest absolute Gasteiger partial charge is 0.343 e. The van der Waals surface area contributed by atoms with Gasteiger partial charge in [0.2, 0.25) is 5.91 Å². The van der Waals surface area contributed by atoms with E-state index < -0.39 is 0 Å². The highest BCUT2D eigenvalue weighted by Gasteiger charge is 2.23. The maximum Gasteiger partial charge on any atom is 0.223 e. The number of amides is 1. The molecule has 0 aromatic heterocycles. The predicted molar refractivity (Wildman–Crippen MR) is 87.5 cm³/mol. The highest BCUT2D eigenvalue weighted by atomic mass is 16.2. The third kappa shape index (κ3) is 4.31. The number of nitrogens with one attached hydrogen (secondary N) is 1. The fourth-order valence-corrected chi connectivity index (χ4v) is 3.00. The Balaban J connectivity index is 1.90. The van der Waals surface area contributed by atoms with Crippen LogP contribution in [-0.2, 0) is 11.2 Å². The van der Waals surface area contributed by atoms with Gasteiger partial charge < -0.3 is 10.2 Å². The maximum atomic E-state index is 12.5. The van der Waals surface area contributed by atoms with Crippen molar-refractivity contribution in [1.82, 2.24) is 10.2 Å². The standard InChI is InChI=1S/C18H28N2O/c1-4-15-5-7-16(8-6-15)14(2)13-18(21)20(3)17-9-11-19-12-10-17/h5-8,14,17,19H,4,9-13H2,1-3H3. The zero-order valence-electron chi connectivity index (χ0n) is 13.6. The van der Waals surface area contributed by atoms with Gasteiger partial charge in [-0.25, -0.2) is 0 Å². The van der Waals surface area contributed by atoms with Crippen LogP contribution in [-0.4, -0.2) is 37.0 Å². The van der Waals surface area contributed by atoms with Gasteiger partial charge in [0, 0.05) is 19.5 Å². The molecule has 1 saturated heterocycles. The molecule has 1 fully saturated rings. The second-order valence-corrected chi connectivity index (χ2v) is 6.19. The van der Waals surface area contributed by atoms with E-state index in [1.165, 1.54) is 11.1 Å². The van der Waals surface area contributed by atoms with Gasteiger partial charge in [-0.2, -0.15) is 0 Å². The predicted octanol–water partition coefficient (Wildman–Crippen LogP) is 2.95. The molecule has 3 heteroatoms. The highest BCUT2D eigenvalue weighted by Crippen LogP contribution is 2.22.